The first-order valence-electron chi connectivity index (χ1n) is 13.7. The molecule has 2 nitrogen and oxygen atoms in total. The molecule has 0 saturated heterocycles. The molecule has 0 amide bonds. The molecule has 0 spiro atoms. The van der Waals surface area contributed by atoms with E-state index in [0.717, 1.165) is 11.1 Å². The third kappa shape index (κ3) is 6.10. The van der Waals surface area contributed by atoms with Crippen molar-refractivity contribution in [2.45, 2.75) is 165 Å². The van der Waals surface area contributed by atoms with Gasteiger partial charge in [-0.1, -0.05) is 89.9 Å². The minimum absolute atomic E-state index is 0.527. The van der Waals surface area contributed by atoms with Crippen molar-refractivity contribution in [3.63, 3.8) is 0 Å². The van der Waals surface area contributed by atoms with Crippen LogP contribution in [0.3, 0.4) is 0 Å². The summed E-state index contributed by atoms with van der Waals surface area (Å²) >= 11 is 0. The van der Waals surface area contributed by atoms with Gasteiger partial charge in [-0.25, -0.2) is 0 Å². The summed E-state index contributed by atoms with van der Waals surface area (Å²) in [5.41, 5.74) is 1.54. The Morgan fingerprint density at radius 1 is 0.345 bits per heavy atom. The molecule has 0 aromatic rings. The van der Waals surface area contributed by atoms with E-state index in [1.165, 1.54) is 141 Å². The van der Waals surface area contributed by atoms with Gasteiger partial charge in [-0.05, 0) is 51.4 Å². The van der Waals surface area contributed by atoms with Gasteiger partial charge in [0.1, 0.15) is 0 Å². The van der Waals surface area contributed by atoms with Crippen LogP contribution in [-0.4, -0.2) is 20.8 Å². The van der Waals surface area contributed by atoms with Gasteiger partial charge in [-0.3, -0.25) is 0 Å². The van der Waals surface area contributed by atoms with Crippen LogP contribution in [0.25, 0.3) is 0 Å². The molecular weight excluding hydrogens is 372 g/mol. The highest BCUT2D eigenvalue weighted by atomic mass is 28.4. The van der Waals surface area contributed by atoms with Crippen molar-refractivity contribution >= 4 is 8.56 Å². The standard InChI is InChI=1S/C26H48O2Si/c1-3-7-19-25(20-8-4-1)29(27-23-15-11-12-16-23,28-24-17-13-14-18-24)26-21-9-5-2-6-10-22-26/h23-26H,1-22H2. The maximum Gasteiger partial charge on any atom is 0.345 e. The predicted octanol–water partition coefficient (Wildman–Crippen LogP) is 8.58. The summed E-state index contributed by atoms with van der Waals surface area (Å²) in [6.45, 7) is 0. The maximum absolute atomic E-state index is 7.45. The third-order valence-corrected chi connectivity index (χ3v) is 13.5. The molecule has 0 bridgehead atoms. The van der Waals surface area contributed by atoms with Gasteiger partial charge in [-0.2, -0.15) is 0 Å². The average Bonchev–Trinajstić information content (AvgIpc) is 3.35. The summed E-state index contributed by atoms with van der Waals surface area (Å²) in [4.78, 5) is 0. The number of hydrogen-bond donors (Lipinski definition) is 0. The molecule has 168 valence electrons. The molecule has 4 saturated carbocycles. The Hall–Kier alpha value is 0.137. The van der Waals surface area contributed by atoms with E-state index < -0.39 is 8.56 Å². The molecule has 0 radical (unpaired) electrons. The van der Waals surface area contributed by atoms with E-state index >= 15 is 0 Å². The minimum Gasteiger partial charge on any atom is -0.391 e. The zero-order valence-corrected chi connectivity index (χ0v) is 20.2. The molecule has 0 aromatic carbocycles. The fourth-order valence-corrected chi connectivity index (χ4v) is 12.4. The second kappa shape index (κ2) is 11.7. The minimum atomic E-state index is -2.23. The highest BCUT2D eigenvalue weighted by molar-refractivity contribution is 6.70. The van der Waals surface area contributed by atoms with Crippen LogP contribution in [0.5, 0.6) is 0 Å². The van der Waals surface area contributed by atoms with E-state index in [4.69, 9.17) is 8.85 Å². The molecule has 29 heavy (non-hydrogen) atoms. The van der Waals surface area contributed by atoms with Gasteiger partial charge in [0.15, 0.2) is 0 Å². The normalized spacial score (nSPS) is 28.1. The first-order chi connectivity index (χ1) is 14.4. The summed E-state index contributed by atoms with van der Waals surface area (Å²) in [5.74, 6) is 0. The van der Waals surface area contributed by atoms with Crippen molar-refractivity contribution in [1.82, 2.24) is 0 Å². The zero-order chi connectivity index (χ0) is 19.8. The van der Waals surface area contributed by atoms with Crippen molar-refractivity contribution in [1.29, 1.82) is 0 Å². The Labute approximate surface area is 182 Å². The Morgan fingerprint density at radius 2 is 0.621 bits per heavy atom. The summed E-state index contributed by atoms with van der Waals surface area (Å²) in [7, 11) is -2.23. The molecule has 0 N–H and O–H groups in total. The maximum atomic E-state index is 7.45. The van der Waals surface area contributed by atoms with Crippen LogP contribution >= 0.6 is 0 Å². The number of rotatable bonds is 6. The second-order valence-electron chi connectivity index (χ2n) is 10.9. The van der Waals surface area contributed by atoms with Crippen LogP contribution in [0.15, 0.2) is 0 Å². The zero-order valence-electron chi connectivity index (χ0n) is 19.2. The van der Waals surface area contributed by atoms with Gasteiger partial charge < -0.3 is 8.85 Å². The highest BCUT2D eigenvalue weighted by Crippen LogP contribution is 2.50. The summed E-state index contributed by atoms with van der Waals surface area (Å²) in [6.07, 6.45) is 31.8. The van der Waals surface area contributed by atoms with Crippen molar-refractivity contribution < 1.29 is 8.85 Å². The first-order valence-corrected chi connectivity index (χ1v) is 15.7. The lowest BCUT2D eigenvalue weighted by Gasteiger charge is -2.47. The number of hydrogen-bond acceptors (Lipinski definition) is 2. The summed E-state index contributed by atoms with van der Waals surface area (Å²) < 4.78 is 14.9. The highest BCUT2D eigenvalue weighted by Gasteiger charge is 2.54. The van der Waals surface area contributed by atoms with Gasteiger partial charge >= 0.3 is 8.56 Å². The Balaban J connectivity index is 1.62. The monoisotopic (exact) mass is 420 g/mol. The molecule has 4 rings (SSSR count). The fourth-order valence-electron chi connectivity index (χ4n) is 7.00. The topological polar surface area (TPSA) is 18.5 Å². The molecule has 4 aliphatic rings. The third-order valence-electron chi connectivity index (χ3n) is 8.65. The Kier molecular flexibility index (Phi) is 8.99. The van der Waals surface area contributed by atoms with Crippen LogP contribution in [0, 0.1) is 0 Å². The van der Waals surface area contributed by atoms with E-state index in [1.807, 2.05) is 0 Å². The Bertz CT molecular complexity index is 398. The average molecular weight is 421 g/mol. The molecule has 0 unspecified atom stereocenters. The molecular formula is C26H48O2Si. The molecule has 4 fully saturated rings. The van der Waals surface area contributed by atoms with Crippen molar-refractivity contribution in [3.05, 3.63) is 0 Å². The summed E-state index contributed by atoms with van der Waals surface area (Å²) in [5, 5.41) is 0. The van der Waals surface area contributed by atoms with Gasteiger partial charge in [0.2, 0.25) is 0 Å². The Morgan fingerprint density at radius 3 is 0.966 bits per heavy atom. The smallest absolute Gasteiger partial charge is 0.345 e. The predicted molar refractivity (Wildman–Crippen MR) is 125 cm³/mol. The van der Waals surface area contributed by atoms with Gasteiger partial charge in [-0.15, -0.1) is 0 Å². The van der Waals surface area contributed by atoms with Crippen LogP contribution < -0.4 is 0 Å². The van der Waals surface area contributed by atoms with E-state index in [9.17, 15) is 0 Å². The van der Waals surface area contributed by atoms with E-state index in [0.29, 0.717) is 12.2 Å². The fraction of sp³-hybridized carbons (Fsp3) is 1.00. The molecule has 0 heterocycles. The van der Waals surface area contributed by atoms with Crippen LogP contribution in [0.2, 0.25) is 11.1 Å². The van der Waals surface area contributed by atoms with Gasteiger partial charge in [0, 0.05) is 23.3 Å². The van der Waals surface area contributed by atoms with Crippen LogP contribution in [0.4, 0.5) is 0 Å². The SMILES string of the molecule is C1CCCC([Si](OC2CCCC2)(OC2CCCC2)C2CCCCCCC2)CCC1. The summed E-state index contributed by atoms with van der Waals surface area (Å²) in [6, 6.07) is 0. The van der Waals surface area contributed by atoms with Gasteiger partial charge in [0.25, 0.3) is 0 Å². The second-order valence-corrected chi connectivity index (χ2v) is 14.4. The lowest BCUT2D eigenvalue weighted by molar-refractivity contribution is 0.0609. The molecule has 0 atom stereocenters. The van der Waals surface area contributed by atoms with Gasteiger partial charge in [0.05, 0.1) is 0 Å². The van der Waals surface area contributed by atoms with Crippen molar-refractivity contribution in [3.8, 4) is 0 Å². The van der Waals surface area contributed by atoms with Crippen molar-refractivity contribution in [2.24, 2.45) is 0 Å². The molecule has 3 heteroatoms. The first kappa shape index (κ1) is 22.3. The van der Waals surface area contributed by atoms with E-state index in [-0.39, 0.29) is 0 Å². The molecule has 4 aliphatic carbocycles. The van der Waals surface area contributed by atoms with E-state index in [1.54, 1.807) is 0 Å². The lowest BCUT2D eigenvalue weighted by Crippen LogP contribution is -2.55. The quantitative estimate of drug-likeness (QED) is 0.400. The van der Waals surface area contributed by atoms with Crippen LogP contribution in [-0.2, 0) is 8.85 Å². The van der Waals surface area contributed by atoms with E-state index in [2.05, 4.69) is 0 Å². The largest absolute Gasteiger partial charge is 0.391 e. The molecule has 0 aromatic heterocycles. The van der Waals surface area contributed by atoms with Crippen molar-refractivity contribution in [2.75, 3.05) is 0 Å². The van der Waals surface area contributed by atoms with Crippen LogP contribution in [0.1, 0.15) is 141 Å². The lowest BCUT2D eigenvalue weighted by atomic mass is 10.00. The molecule has 0 aliphatic heterocycles.